The van der Waals surface area contributed by atoms with Gasteiger partial charge in [0, 0.05) is 6.54 Å². The van der Waals surface area contributed by atoms with Crippen molar-refractivity contribution in [3.8, 4) is 0 Å². The van der Waals surface area contributed by atoms with Gasteiger partial charge in [-0.3, -0.25) is 4.79 Å². The molecule has 1 heterocycles. The predicted molar refractivity (Wildman–Crippen MR) is 67.1 cm³/mol. The van der Waals surface area contributed by atoms with E-state index in [1.54, 1.807) is 13.8 Å². The van der Waals surface area contributed by atoms with E-state index in [-0.39, 0.29) is 16.2 Å². The minimum Gasteiger partial charge on any atom is -0.382 e. The summed E-state index contributed by atoms with van der Waals surface area (Å²) in [6.45, 7) is 2.75. The van der Waals surface area contributed by atoms with Gasteiger partial charge in [0.1, 0.15) is 4.47 Å². The Bertz CT molecular complexity index is 502. The molecule has 0 aliphatic heterocycles. The fraction of sp³-hybridized carbons (Fsp3) is 0.600. The highest BCUT2D eigenvalue weighted by atomic mass is 79.9. The number of nitrogens with one attached hydrogen (secondary N) is 1. The maximum absolute atomic E-state index is 12.1. The van der Waals surface area contributed by atoms with Crippen molar-refractivity contribution in [1.82, 2.24) is 9.78 Å². The summed E-state index contributed by atoms with van der Waals surface area (Å²) in [5.74, 6) is 0. The lowest BCUT2D eigenvalue weighted by Crippen LogP contribution is -2.35. The summed E-state index contributed by atoms with van der Waals surface area (Å²) in [5, 5.41) is 15.0. The molecule has 1 rings (SSSR count). The zero-order valence-corrected chi connectivity index (χ0v) is 11.8. The monoisotopic (exact) mass is 343 g/mol. The lowest BCUT2D eigenvalue weighted by molar-refractivity contribution is -0.198. The SMILES string of the molecule is CC(C)n1ncc(NCC(O)C(F)(F)F)c(Br)c1=O. The molecule has 9 heteroatoms. The van der Waals surface area contributed by atoms with Crippen LogP contribution in [0.25, 0.3) is 0 Å². The maximum Gasteiger partial charge on any atom is 0.416 e. The molecule has 0 bridgehead atoms. The van der Waals surface area contributed by atoms with Gasteiger partial charge in [-0.2, -0.15) is 18.3 Å². The van der Waals surface area contributed by atoms with Crippen molar-refractivity contribution in [3.05, 3.63) is 21.0 Å². The topological polar surface area (TPSA) is 67.2 Å². The molecule has 108 valence electrons. The van der Waals surface area contributed by atoms with E-state index < -0.39 is 24.4 Å². The van der Waals surface area contributed by atoms with Crippen molar-refractivity contribution >= 4 is 21.6 Å². The molecule has 2 N–H and O–H groups in total. The third-order valence-electron chi connectivity index (χ3n) is 2.30. The number of anilines is 1. The number of nitrogens with zero attached hydrogens (tertiary/aromatic N) is 2. The van der Waals surface area contributed by atoms with Crippen LogP contribution in [0.4, 0.5) is 18.9 Å². The van der Waals surface area contributed by atoms with Gasteiger partial charge in [0.2, 0.25) is 0 Å². The molecule has 0 saturated carbocycles. The molecule has 0 aliphatic rings. The van der Waals surface area contributed by atoms with E-state index in [0.717, 1.165) is 0 Å². The number of rotatable bonds is 4. The van der Waals surface area contributed by atoms with Crippen LogP contribution in [0.3, 0.4) is 0 Å². The second kappa shape index (κ2) is 5.91. The van der Waals surface area contributed by atoms with E-state index in [1.165, 1.54) is 10.9 Å². The van der Waals surface area contributed by atoms with Gasteiger partial charge in [-0.15, -0.1) is 0 Å². The summed E-state index contributed by atoms with van der Waals surface area (Å²) in [4.78, 5) is 11.8. The van der Waals surface area contributed by atoms with Crippen LogP contribution in [0.5, 0.6) is 0 Å². The van der Waals surface area contributed by atoms with E-state index in [1.807, 2.05) is 0 Å². The van der Waals surface area contributed by atoms with E-state index in [4.69, 9.17) is 5.11 Å². The Labute approximate surface area is 115 Å². The van der Waals surface area contributed by atoms with Gasteiger partial charge in [-0.1, -0.05) is 0 Å². The minimum atomic E-state index is -4.71. The van der Waals surface area contributed by atoms with Gasteiger partial charge >= 0.3 is 6.18 Å². The summed E-state index contributed by atoms with van der Waals surface area (Å²) in [6, 6.07) is -0.168. The molecular formula is C10H13BrF3N3O2. The quantitative estimate of drug-likeness (QED) is 0.876. The third kappa shape index (κ3) is 3.93. The maximum atomic E-state index is 12.1. The van der Waals surface area contributed by atoms with Gasteiger partial charge < -0.3 is 10.4 Å². The molecule has 0 radical (unpaired) electrons. The van der Waals surface area contributed by atoms with Crippen LogP contribution in [0.1, 0.15) is 19.9 Å². The second-order valence-electron chi connectivity index (χ2n) is 4.15. The Morgan fingerprint density at radius 2 is 2.11 bits per heavy atom. The fourth-order valence-electron chi connectivity index (χ4n) is 1.26. The van der Waals surface area contributed by atoms with Gasteiger partial charge in [0.25, 0.3) is 5.56 Å². The molecule has 0 saturated heterocycles. The molecule has 0 aliphatic carbocycles. The summed E-state index contributed by atoms with van der Waals surface area (Å²) >= 11 is 3.00. The Morgan fingerprint density at radius 1 is 1.53 bits per heavy atom. The first kappa shape index (κ1) is 16.0. The summed E-state index contributed by atoms with van der Waals surface area (Å²) in [5.41, 5.74) is -0.355. The van der Waals surface area contributed by atoms with Crippen molar-refractivity contribution in [2.24, 2.45) is 0 Å². The number of alkyl halides is 3. The predicted octanol–water partition coefficient (Wildman–Crippen LogP) is 1.92. The highest BCUT2D eigenvalue weighted by molar-refractivity contribution is 9.10. The molecule has 1 atom stereocenters. The Balaban J connectivity index is 2.87. The molecule has 5 nitrogen and oxygen atoms in total. The molecule has 0 spiro atoms. The van der Waals surface area contributed by atoms with Crippen LogP contribution >= 0.6 is 15.9 Å². The smallest absolute Gasteiger partial charge is 0.382 e. The summed E-state index contributed by atoms with van der Waals surface area (Å²) in [6.07, 6.45) is -5.99. The molecule has 19 heavy (non-hydrogen) atoms. The first-order valence-electron chi connectivity index (χ1n) is 5.40. The number of hydrogen-bond acceptors (Lipinski definition) is 4. The molecule has 1 aromatic rings. The van der Waals surface area contributed by atoms with Crippen LogP contribution in [-0.4, -0.2) is 33.7 Å². The normalized spacial score (nSPS) is 13.7. The van der Waals surface area contributed by atoms with Crippen molar-refractivity contribution in [3.63, 3.8) is 0 Å². The Kier molecular flexibility index (Phi) is 4.97. The standard InChI is InChI=1S/C10H13BrF3N3O2/c1-5(2)17-9(19)8(11)6(3-16-17)15-4-7(18)10(12,13)14/h3,5,7,15,18H,4H2,1-2H3. The minimum absolute atomic E-state index is 0.0746. The summed E-state index contributed by atoms with van der Waals surface area (Å²) in [7, 11) is 0. The lowest BCUT2D eigenvalue weighted by atomic mass is 10.3. The van der Waals surface area contributed by atoms with Crippen LogP contribution in [0.2, 0.25) is 0 Å². The van der Waals surface area contributed by atoms with Crippen molar-refractivity contribution in [2.45, 2.75) is 32.2 Å². The zero-order chi connectivity index (χ0) is 14.8. The third-order valence-corrected chi connectivity index (χ3v) is 3.06. The highest BCUT2D eigenvalue weighted by Crippen LogP contribution is 2.22. The van der Waals surface area contributed by atoms with Gasteiger partial charge in [0.05, 0.1) is 17.9 Å². The number of halogens is 4. The van der Waals surface area contributed by atoms with Gasteiger partial charge in [-0.25, -0.2) is 4.68 Å². The Hall–Kier alpha value is -1.09. The van der Waals surface area contributed by atoms with Crippen LogP contribution in [0.15, 0.2) is 15.5 Å². The van der Waals surface area contributed by atoms with E-state index in [0.29, 0.717) is 0 Å². The number of aliphatic hydroxyl groups is 1. The van der Waals surface area contributed by atoms with E-state index in [9.17, 15) is 18.0 Å². The molecule has 1 aromatic heterocycles. The fourth-order valence-corrected chi connectivity index (χ4v) is 1.68. The van der Waals surface area contributed by atoms with Crippen LogP contribution in [-0.2, 0) is 0 Å². The molecule has 1 unspecified atom stereocenters. The second-order valence-corrected chi connectivity index (χ2v) is 4.95. The number of hydrogen-bond donors (Lipinski definition) is 2. The first-order valence-corrected chi connectivity index (χ1v) is 6.20. The van der Waals surface area contributed by atoms with E-state index >= 15 is 0 Å². The first-order chi connectivity index (χ1) is 8.64. The van der Waals surface area contributed by atoms with Crippen molar-refractivity contribution in [2.75, 3.05) is 11.9 Å². The average molecular weight is 344 g/mol. The molecule has 0 aromatic carbocycles. The molecule has 0 amide bonds. The largest absolute Gasteiger partial charge is 0.416 e. The van der Waals surface area contributed by atoms with Gasteiger partial charge in [0.15, 0.2) is 6.10 Å². The van der Waals surface area contributed by atoms with Crippen molar-refractivity contribution < 1.29 is 18.3 Å². The van der Waals surface area contributed by atoms with Crippen molar-refractivity contribution in [1.29, 1.82) is 0 Å². The number of aromatic nitrogens is 2. The molecular weight excluding hydrogens is 331 g/mol. The molecule has 0 fully saturated rings. The Morgan fingerprint density at radius 3 is 2.58 bits per heavy atom. The van der Waals surface area contributed by atoms with Crippen LogP contribution < -0.4 is 10.9 Å². The lowest BCUT2D eigenvalue weighted by Gasteiger charge is -2.17. The van der Waals surface area contributed by atoms with Gasteiger partial charge in [-0.05, 0) is 29.8 Å². The van der Waals surface area contributed by atoms with Crippen LogP contribution in [0, 0.1) is 0 Å². The average Bonchev–Trinajstić information content (AvgIpc) is 2.28. The highest BCUT2D eigenvalue weighted by Gasteiger charge is 2.37. The number of aliphatic hydroxyl groups excluding tert-OH is 1. The summed E-state index contributed by atoms with van der Waals surface area (Å²) < 4.78 is 37.6. The van der Waals surface area contributed by atoms with E-state index in [2.05, 4.69) is 26.3 Å². The zero-order valence-electron chi connectivity index (χ0n) is 10.2.